The molecule has 0 aliphatic heterocycles. The van der Waals surface area contributed by atoms with E-state index in [1.165, 1.54) is 12.1 Å². The third-order valence-electron chi connectivity index (χ3n) is 2.73. The molecule has 0 bridgehead atoms. The molecule has 0 fully saturated rings. The van der Waals surface area contributed by atoms with Gasteiger partial charge in [-0.25, -0.2) is 0 Å². The van der Waals surface area contributed by atoms with Gasteiger partial charge in [-0.1, -0.05) is 36.5 Å². The van der Waals surface area contributed by atoms with Gasteiger partial charge >= 0.3 is 0 Å². The summed E-state index contributed by atoms with van der Waals surface area (Å²) in [5.74, 6) is -0.220. The maximum atomic E-state index is 11.9. The van der Waals surface area contributed by atoms with Crippen molar-refractivity contribution in [3.8, 4) is 0 Å². The van der Waals surface area contributed by atoms with Crippen LogP contribution in [0, 0.1) is 0 Å². The SMILES string of the molecule is CCCCOCCCNC(=O)c1cc(Cl)c(N)c(Cl)c1. The molecule has 4 nitrogen and oxygen atoms in total. The van der Waals surface area contributed by atoms with Crippen molar-refractivity contribution >= 4 is 34.8 Å². The Balaban J connectivity index is 2.33. The monoisotopic (exact) mass is 318 g/mol. The number of ether oxygens (including phenoxy) is 1. The highest BCUT2D eigenvalue weighted by atomic mass is 35.5. The Morgan fingerprint density at radius 3 is 2.45 bits per heavy atom. The normalized spacial score (nSPS) is 10.6. The van der Waals surface area contributed by atoms with Gasteiger partial charge in [0.25, 0.3) is 5.91 Å². The number of unbranched alkanes of at least 4 members (excludes halogenated alkanes) is 1. The van der Waals surface area contributed by atoms with Crippen LogP contribution >= 0.6 is 23.2 Å². The molecule has 0 aromatic heterocycles. The standard InChI is InChI=1S/C14H20Cl2N2O2/c1-2-3-6-20-7-4-5-18-14(19)10-8-11(15)13(17)12(16)9-10/h8-9H,2-7,17H2,1H3,(H,18,19). The lowest BCUT2D eigenvalue weighted by atomic mass is 10.2. The van der Waals surface area contributed by atoms with E-state index in [0.717, 1.165) is 25.9 Å². The minimum Gasteiger partial charge on any atom is -0.396 e. The van der Waals surface area contributed by atoms with Crippen LogP contribution in [0.5, 0.6) is 0 Å². The van der Waals surface area contributed by atoms with E-state index >= 15 is 0 Å². The smallest absolute Gasteiger partial charge is 0.251 e. The van der Waals surface area contributed by atoms with E-state index in [9.17, 15) is 4.79 Å². The summed E-state index contributed by atoms with van der Waals surface area (Å²) in [7, 11) is 0. The molecule has 0 radical (unpaired) electrons. The van der Waals surface area contributed by atoms with E-state index in [4.69, 9.17) is 33.7 Å². The highest BCUT2D eigenvalue weighted by molar-refractivity contribution is 6.39. The molecule has 0 unspecified atom stereocenters. The zero-order valence-corrected chi connectivity index (χ0v) is 13.1. The molecule has 1 amide bonds. The summed E-state index contributed by atoms with van der Waals surface area (Å²) in [6, 6.07) is 3.02. The molecule has 1 aromatic rings. The van der Waals surface area contributed by atoms with Crippen molar-refractivity contribution in [1.82, 2.24) is 5.32 Å². The summed E-state index contributed by atoms with van der Waals surface area (Å²) in [4.78, 5) is 11.9. The first-order chi connectivity index (χ1) is 9.56. The van der Waals surface area contributed by atoms with Gasteiger partial charge < -0.3 is 15.8 Å². The fraction of sp³-hybridized carbons (Fsp3) is 0.500. The number of carbonyl (C=O) groups excluding carboxylic acids is 1. The Bertz CT molecular complexity index is 430. The molecule has 6 heteroatoms. The molecule has 0 heterocycles. The Morgan fingerprint density at radius 1 is 1.25 bits per heavy atom. The van der Waals surface area contributed by atoms with Crippen molar-refractivity contribution in [2.45, 2.75) is 26.2 Å². The number of amides is 1. The van der Waals surface area contributed by atoms with Crippen molar-refractivity contribution < 1.29 is 9.53 Å². The molecule has 112 valence electrons. The molecule has 0 saturated heterocycles. The quantitative estimate of drug-likeness (QED) is 0.569. The first kappa shape index (κ1) is 17.1. The molecule has 3 N–H and O–H groups in total. The van der Waals surface area contributed by atoms with Gasteiger partial charge in [-0.3, -0.25) is 4.79 Å². The van der Waals surface area contributed by atoms with Gasteiger partial charge in [0.2, 0.25) is 0 Å². The van der Waals surface area contributed by atoms with E-state index in [1.807, 2.05) is 0 Å². The summed E-state index contributed by atoms with van der Waals surface area (Å²) in [5.41, 5.74) is 6.31. The first-order valence-corrected chi connectivity index (χ1v) is 7.42. The number of nitrogens with two attached hydrogens (primary N) is 1. The lowest BCUT2D eigenvalue weighted by Gasteiger charge is -2.08. The lowest BCUT2D eigenvalue weighted by molar-refractivity contribution is 0.0940. The van der Waals surface area contributed by atoms with Crippen LogP contribution < -0.4 is 11.1 Å². The van der Waals surface area contributed by atoms with E-state index in [0.29, 0.717) is 18.7 Å². The number of hydrogen-bond donors (Lipinski definition) is 2. The maximum Gasteiger partial charge on any atom is 0.251 e. The third kappa shape index (κ3) is 5.57. The Kier molecular flexibility index (Phi) is 7.73. The van der Waals surface area contributed by atoms with Gasteiger partial charge in [0, 0.05) is 25.3 Å². The minimum absolute atomic E-state index is 0.220. The maximum absolute atomic E-state index is 11.9. The van der Waals surface area contributed by atoms with Crippen LogP contribution in [0.4, 0.5) is 5.69 Å². The minimum atomic E-state index is -0.220. The zero-order valence-electron chi connectivity index (χ0n) is 11.5. The topological polar surface area (TPSA) is 64.3 Å². The highest BCUT2D eigenvalue weighted by Gasteiger charge is 2.10. The summed E-state index contributed by atoms with van der Waals surface area (Å²) in [6.45, 7) is 4.08. The number of halogens is 2. The fourth-order valence-corrected chi connectivity index (χ4v) is 2.03. The van der Waals surface area contributed by atoms with E-state index < -0.39 is 0 Å². The van der Waals surface area contributed by atoms with Crippen LogP contribution in [0.25, 0.3) is 0 Å². The Morgan fingerprint density at radius 2 is 1.85 bits per heavy atom. The van der Waals surface area contributed by atoms with Crippen LogP contribution in [-0.4, -0.2) is 25.7 Å². The van der Waals surface area contributed by atoms with Crippen molar-refractivity contribution in [2.75, 3.05) is 25.5 Å². The Labute approximate surface area is 129 Å². The van der Waals surface area contributed by atoms with Crippen molar-refractivity contribution in [3.63, 3.8) is 0 Å². The third-order valence-corrected chi connectivity index (χ3v) is 3.36. The summed E-state index contributed by atoms with van der Waals surface area (Å²) < 4.78 is 5.41. The van der Waals surface area contributed by atoms with E-state index in [2.05, 4.69) is 12.2 Å². The van der Waals surface area contributed by atoms with Crippen LogP contribution in [0.2, 0.25) is 10.0 Å². The van der Waals surface area contributed by atoms with Gasteiger partial charge in [-0.05, 0) is 25.0 Å². The van der Waals surface area contributed by atoms with E-state index in [1.54, 1.807) is 0 Å². The molecule has 1 aromatic carbocycles. The number of carbonyl (C=O) groups is 1. The van der Waals surface area contributed by atoms with Gasteiger partial charge in [-0.15, -0.1) is 0 Å². The molecule has 0 aliphatic carbocycles. The molecule has 1 rings (SSSR count). The summed E-state index contributed by atoms with van der Waals surface area (Å²) >= 11 is 11.8. The second-order valence-corrected chi connectivity index (χ2v) is 5.24. The number of benzene rings is 1. The average Bonchev–Trinajstić information content (AvgIpc) is 2.43. The van der Waals surface area contributed by atoms with Gasteiger partial charge in [0.1, 0.15) is 0 Å². The largest absolute Gasteiger partial charge is 0.396 e. The number of anilines is 1. The van der Waals surface area contributed by atoms with E-state index in [-0.39, 0.29) is 21.6 Å². The predicted octanol–water partition coefficient (Wildman–Crippen LogP) is 3.51. The highest BCUT2D eigenvalue weighted by Crippen LogP contribution is 2.28. The van der Waals surface area contributed by atoms with Crippen LogP contribution in [-0.2, 0) is 4.74 Å². The predicted molar refractivity (Wildman–Crippen MR) is 83.6 cm³/mol. The number of rotatable bonds is 8. The second kappa shape index (κ2) is 9.06. The molecule has 0 spiro atoms. The number of hydrogen-bond acceptors (Lipinski definition) is 3. The summed E-state index contributed by atoms with van der Waals surface area (Å²) in [5, 5.41) is 3.35. The molecular weight excluding hydrogens is 299 g/mol. The van der Waals surface area contributed by atoms with Gasteiger partial charge in [-0.2, -0.15) is 0 Å². The first-order valence-electron chi connectivity index (χ1n) is 6.66. The van der Waals surface area contributed by atoms with Gasteiger partial charge in [0.05, 0.1) is 15.7 Å². The van der Waals surface area contributed by atoms with Crippen LogP contribution in [0.3, 0.4) is 0 Å². The van der Waals surface area contributed by atoms with Crippen molar-refractivity contribution in [1.29, 1.82) is 0 Å². The second-order valence-electron chi connectivity index (χ2n) is 4.43. The summed E-state index contributed by atoms with van der Waals surface area (Å²) in [6.07, 6.45) is 2.95. The average molecular weight is 319 g/mol. The molecular formula is C14H20Cl2N2O2. The number of nitrogen functional groups attached to an aromatic ring is 1. The van der Waals surface area contributed by atoms with Crippen LogP contribution in [0.15, 0.2) is 12.1 Å². The molecule has 0 saturated carbocycles. The molecule has 0 atom stereocenters. The Hall–Kier alpha value is -0.970. The van der Waals surface area contributed by atoms with Crippen molar-refractivity contribution in [2.24, 2.45) is 0 Å². The lowest BCUT2D eigenvalue weighted by Crippen LogP contribution is -2.25. The molecule has 0 aliphatic rings. The fourth-order valence-electron chi connectivity index (χ4n) is 1.54. The molecule has 20 heavy (non-hydrogen) atoms. The van der Waals surface area contributed by atoms with Crippen LogP contribution in [0.1, 0.15) is 36.5 Å². The zero-order chi connectivity index (χ0) is 15.0. The van der Waals surface area contributed by atoms with Gasteiger partial charge in [0.15, 0.2) is 0 Å². The van der Waals surface area contributed by atoms with Crippen molar-refractivity contribution in [3.05, 3.63) is 27.7 Å². The number of nitrogens with one attached hydrogen (secondary N) is 1.